The van der Waals surface area contributed by atoms with Crippen LogP contribution in [-0.2, 0) is 24.0 Å². The number of nitrogens with two attached hydrogens (primary N) is 2. The predicted molar refractivity (Wildman–Crippen MR) is 119 cm³/mol. The van der Waals surface area contributed by atoms with Gasteiger partial charge in [-0.1, -0.05) is 20.3 Å². The van der Waals surface area contributed by atoms with Crippen molar-refractivity contribution >= 4 is 41.4 Å². The molecule has 0 saturated carbocycles. The topological polar surface area (TPSA) is 214 Å². The summed E-state index contributed by atoms with van der Waals surface area (Å²) in [7, 11) is 0. The van der Waals surface area contributed by atoms with Crippen LogP contribution in [0.4, 0.5) is 0 Å². The van der Waals surface area contributed by atoms with Crippen LogP contribution in [0.25, 0.3) is 0 Å². The molecule has 5 atom stereocenters. The molecule has 0 bridgehead atoms. The second kappa shape index (κ2) is 15.4. The number of primary amides is 1. The third kappa shape index (κ3) is 10.8. The number of hydrogen-bond acceptors (Lipinski definition) is 8. The molecule has 9 N–H and O–H groups in total. The second-order valence-corrected chi connectivity index (χ2v) is 8.39. The van der Waals surface area contributed by atoms with E-state index in [1.165, 1.54) is 11.8 Å². The average molecular weight is 478 g/mol. The standard InChI is InChI=1S/C19H35N5O7S/c1-4-10(2)15(19(30)31)24-18(29)13(7-8-32-3)23-17(28)12(5-6-14(21)26)22-16(27)11(20)9-25/h10-13,15,25H,4-9,20H2,1-3H3,(H2,21,26)(H,22,27)(H,23,28)(H,24,29)(H,30,31). The quantitative estimate of drug-likeness (QED) is 0.129. The Kier molecular flexibility index (Phi) is 14.3. The molecular weight excluding hydrogens is 442 g/mol. The summed E-state index contributed by atoms with van der Waals surface area (Å²) in [6.45, 7) is 2.83. The van der Waals surface area contributed by atoms with Crippen molar-refractivity contribution in [1.82, 2.24) is 16.0 Å². The van der Waals surface area contributed by atoms with Gasteiger partial charge in [0.05, 0.1) is 6.61 Å². The molecule has 0 radical (unpaired) electrons. The number of rotatable bonds is 16. The van der Waals surface area contributed by atoms with E-state index in [0.29, 0.717) is 12.2 Å². The van der Waals surface area contributed by atoms with Gasteiger partial charge >= 0.3 is 5.97 Å². The lowest BCUT2D eigenvalue weighted by Crippen LogP contribution is -2.58. The lowest BCUT2D eigenvalue weighted by Gasteiger charge is -2.26. The molecule has 0 aromatic carbocycles. The van der Waals surface area contributed by atoms with E-state index in [1.807, 2.05) is 6.26 Å². The first-order valence-electron chi connectivity index (χ1n) is 10.3. The number of aliphatic hydroxyl groups is 1. The van der Waals surface area contributed by atoms with Crippen molar-refractivity contribution in [2.24, 2.45) is 17.4 Å². The van der Waals surface area contributed by atoms with Crippen molar-refractivity contribution in [2.75, 3.05) is 18.6 Å². The van der Waals surface area contributed by atoms with Gasteiger partial charge in [-0.3, -0.25) is 19.2 Å². The number of aliphatic carboxylic acids is 1. The number of carbonyl (C=O) groups is 5. The number of amides is 4. The molecule has 0 aliphatic carbocycles. The Morgan fingerprint density at radius 2 is 1.50 bits per heavy atom. The zero-order valence-electron chi connectivity index (χ0n) is 18.6. The molecule has 13 heteroatoms. The molecule has 184 valence electrons. The smallest absolute Gasteiger partial charge is 0.326 e. The van der Waals surface area contributed by atoms with E-state index in [-0.39, 0.29) is 25.2 Å². The Balaban J connectivity index is 5.51. The number of carbonyl (C=O) groups excluding carboxylic acids is 4. The Labute approximate surface area is 191 Å². The van der Waals surface area contributed by atoms with Crippen molar-refractivity contribution in [3.05, 3.63) is 0 Å². The largest absolute Gasteiger partial charge is 0.480 e. The average Bonchev–Trinajstić information content (AvgIpc) is 2.75. The van der Waals surface area contributed by atoms with Crippen LogP contribution in [-0.4, -0.2) is 82.6 Å². The van der Waals surface area contributed by atoms with E-state index in [9.17, 15) is 29.1 Å². The van der Waals surface area contributed by atoms with Gasteiger partial charge in [0, 0.05) is 6.42 Å². The molecule has 0 aliphatic heterocycles. The van der Waals surface area contributed by atoms with Gasteiger partial charge in [-0.25, -0.2) is 4.79 Å². The van der Waals surface area contributed by atoms with Crippen LogP contribution < -0.4 is 27.4 Å². The van der Waals surface area contributed by atoms with Crippen molar-refractivity contribution in [3.8, 4) is 0 Å². The lowest BCUT2D eigenvalue weighted by molar-refractivity contribution is -0.143. The summed E-state index contributed by atoms with van der Waals surface area (Å²) in [5.41, 5.74) is 10.6. The minimum Gasteiger partial charge on any atom is -0.480 e. The van der Waals surface area contributed by atoms with Crippen LogP contribution in [0.2, 0.25) is 0 Å². The minimum absolute atomic E-state index is 0.146. The lowest BCUT2D eigenvalue weighted by atomic mass is 9.98. The van der Waals surface area contributed by atoms with Crippen LogP contribution in [0.5, 0.6) is 0 Å². The summed E-state index contributed by atoms with van der Waals surface area (Å²) in [6.07, 6.45) is 2.17. The molecule has 0 aromatic heterocycles. The summed E-state index contributed by atoms with van der Waals surface area (Å²) in [5, 5.41) is 25.7. The van der Waals surface area contributed by atoms with E-state index in [4.69, 9.17) is 16.6 Å². The third-order valence-electron chi connectivity index (χ3n) is 4.87. The van der Waals surface area contributed by atoms with Gasteiger partial charge in [0.25, 0.3) is 0 Å². The van der Waals surface area contributed by atoms with E-state index >= 15 is 0 Å². The molecule has 4 amide bonds. The summed E-state index contributed by atoms with van der Waals surface area (Å²) in [5.74, 6) is -3.98. The SMILES string of the molecule is CCC(C)C(NC(=O)C(CCSC)NC(=O)C(CCC(N)=O)NC(=O)C(N)CO)C(=O)O. The molecule has 0 fully saturated rings. The Morgan fingerprint density at radius 1 is 0.969 bits per heavy atom. The first kappa shape index (κ1) is 29.6. The van der Waals surface area contributed by atoms with Gasteiger partial charge in [-0.15, -0.1) is 0 Å². The zero-order valence-corrected chi connectivity index (χ0v) is 19.4. The highest BCUT2D eigenvalue weighted by Crippen LogP contribution is 2.10. The minimum atomic E-state index is -1.28. The molecule has 0 saturated heterocycles. The maximum atomic E-state index is 12.8. The van der Waals surface area contributed by atoms with Crippen molar-refractivity contribution in [2.45, 2.75) is 63.7 Å². The fourth-order valence-electron chi connectivity index (χ4n) is 2.63. The number of carboxylic acids is 1. The predicted octanol–water partition coefficient (Wildman–Crippen LogP) is -2.09. The zero-order chi connectivity index (χ0) is 24.8. The summed E-state index contributed by atoms with van der Waals surface area (Å²) < 4.78 is 0. The van der Waals surface area contributed by atoms with Gasteiger partial charge in [-0.05, 0) is 30.8 Å². The van der Waals surface area contributed by atoms with Crippen LogP contribution >= 0.6 is 11.8 Å². The van der Waals surface area contributed by atoms with Gasteiger partial charge < -0.3 is 37.6 Å². The van der Waals surface area contributed by atoms with Crippen LogP contribution in [0.3, 0.4) is 0 Å². The van der Waals surface area contributed by atoms with E-state index in [1.54, 1.807) is 13.8 Å². The van der Waals surface area contributed by atoms with E-state index in [2.05, 4.69) is 16.0 Å². The third-order valence-corrected chi connectivity index (χ3v) is 5.51. The number of thioether (sulfide) groups is 1. The molecule has 0 aromatic rings. The summed E-state index contributed by atoms with van der Waals surface area (Å²) in [4.78, 5) is 60.3. The van der Waals surface area contributed by atoms with Gasteiger partial charge in [0.2, 0.25) is 23.6 Å². The molecule has 0 heterocycles. The maximum Gasteiger partial charge on any atom is 0.326 e. The number of aliphatic hydroxyl groups excluding tert-OH is 1. The fourth-order valence-corrected chi connectivity index (χ4v) is 3.10. The van der Waals surface area contributed by atoms with Crippen molar-refractivity contribution in [3.63, 3.8) is 0 Å². The van der Waals surface area contributed by atoms with Gasteiger partial charge in [-0.2, -0.15) is 11.8 Å². The summed E-state index contributed by atoms with van der Waals surface area (Å²) >= 11 is 1.43. The van der Waals surface area contributed by atoms with Crippen LogP contribution in [0.15, 0.2) is 0 Å². The van der Waals surface area contributed by atoms with Crippen molar-refractivity contribution < 1.29 is 34.2 Å². The fraction of sp³-hybridized carbons (Fsp3) is 0.737. The van der Waals surface area contributed by atoms with Gasteiger partial charge in [0.15, 0.2) is 0 Å². The van der Waals surface area contributed by atoms with E-state index in [0.717, 1.165) is 0 Å². The number of carboxylic acid groups (broad SMARTS) is 1. The molecule has 0 spiro atoms. The first-order chi connectivity index (χ1) is 15.0. The molecule has 5 unspecified atom stereocenters. The molecule has 32 heavy (non-hydrogen) atoms. The molecular formula is C19H35N5O7S. The molecule has 12 nitrogen and oxygen atoms in total. The van der Waals surface area contributed by atoms with E-state index < -0.39 is 60.4 Å². The van der Waals surface area contributed by atoms with Crippen LogP contribution in [0.1, 0.15) is 39.5 Å². The highest BCUT2D eigenvalue weighted by Gasteiger charge is 2.31. The van der Waals surface area contributed by atoms with Gasteiger partial charge in [0.1, 0.15) is 24.2 Å². The van der Waals surface area contributed by atoms with Crippen LogP contribution in [0, 0.1) is 5.92 Å². The monoisotopic (exact) mass is 477 g/mol. The maximum absolute atomic E-state index is 12.8. The molecule has 0 aliphatic rings. The second-order valence-electron chi connectivity index (χ2n) is 7.41. The Hall–Kier alpha value is -2.38. The number of nitrogens with one attached hydrogen (secondary N) is 3. The van der Waals surface area contributed by atoms with Crippen molar-refractivity contribution in [1.29, 1.82) is 0 Å². The molecule has 0 rings (SSSR count). The highest BCUT2D eigenvalue weighted by atomic mass is 32.2. The number of hydrogen-bond donors (Lipinski definition) is 7. The highest BCUT2D eigenvalue weighted by molar-refractivity contribution is 7.98. The summed E-state index contributed by atoms with van der Waals surface area (Å²) in [6, 6.07) is -4.71. The Morgan fingerprint density at radius 3 is 1.97 bits per heavy atom. The first-order valence-corrected chi connectivity index (χ1v) is 11.6. The normalized spacial score (nSPS) is 15.5. The Bertz CT molecular complexity index is 664.